The van der Waals surface area contributed by atoms with Gasteiger partial charge in [-0.2, -0.15) is 0 Å². The molecule has 0 amide bonds. The van der Waals surface area contributed by atoms with E-state index in [1.807, 2.05) is 26.0 Å². The molecule has 0 saturated carbocycles. The highest BCUT2D eigenvalue weighted by atomic mass is 35.5. The van der Waals surface area contributed by atoms with Crippen molar-refractivity contribution in [2.24, 2.45) is 0 Å². The van der Waals surface area contributed by atoms with Crippen molar-refractivity contribution < 1.29 is 9.18 Å². The molecule has 0 heterocycles. The third-order valence-corrected chi connectivity index (χ3v) is 3.97. The Bertz CT molecular complexity index is 665. The summed E-state index contributed by atoms with van der Waals surface area (Å²) in [6.45, 7) is 3.73. The van der Waals surface area contributed by atoms with Crippen LogP contribution in [0.4, 0.5) is 10.1 Å². The van der Waals surface area contributed by atoms with Gasteiger partial charge in [0.15, 0.2) is 0 Å². The molecule has 0 atom stereocenters. The Morgan fingerprint density at radius 3 is 2.38 bits per heavy atom. The lowest BCUT2D eigenvalue weighted by Crippen LogP contribution is -2.30. The van der Waals surface area contributed by atoms with Crippen LogP contribution in [0.5, 0.6) is 0 Å². The lowest BCUT2D eigenvalue weighted by atomic mass is 9.78. The van der Waals surface area contributed by atoms with Gasteiger partial charge in [-0.3, -0.25) is 4.79 Å². The Labute approximate surface area is 128 Å². The number of nitrogen functional groups attached to an aromatic ring is 1. The first kappa shape index (κ1) is 15.5. The van der Waals surface area contributed by atoms with Gasteiger partial charge >= 0.3 is 0 Å². The largest absolute Gasteiger partial charge is 0.399 e. The molecular weight excluding hydrogens is 289 g/mol. The summed E-state index contributed by atoms with van der Waals surface area (Å²) in [4.78, 5) is 12.5. The van der Waals surface area contributed by atoms with Gasteiger partial charge < -0.3 is 5.73 Å². The average molecular weight is 306 g/mol. The summed E-state index contributed by atoms with van der Waals surface area (Å²) < 4.78 is 13.1. The van der Waals surface area contributed by atoms with E-state index in [1.165, 1.54) is 12.1 Å². The molecule has 0 aromatic heterocycles. The Morgan fingerprint density at radius 2 is 1.81 bits per heavy atom. The van der Waals surface area contributed by atoms with Crippen LogP contribution < -0.4 is 5.73 Å². The highest BCUT2D eigenvalue weighted by Gasteiger charge is 2.29. The molecule has 0 radical (unpaired) electrons. The highest BCUT2D eigenvalue weighted by molar-refractivity contribution is 6.30. The molecule has 0 spiro atoms. The van der Waals surface area contributed by atoms with Gasteiger partial charge in [0.05, 0.1) is 5.02 Å². The normalized spacial score (nSPS) is 11.4. The number of benzene rings is 2. The maximum Gasteiger partial charge on any atom is 0.147 e. The minimum atomic E-state index is -0.644. The van der Waals surface area contributed by atoms with Crippen molar-refractivity contribution in [3.63, 3.8) is 0 Å². The summed E-state index contributed by atoms with van der Waals surface area (Å²) in [7, 11) is 0. The molecular formula is C17H17ClFNO. The molecule has 0 saturated heterocycles. The molecule has 0 aliphatic heterocycles. The predicted molar refractivity (Wildman–Crippen MR) is 84.0 cm³/mol. The predicted octanol–water partition coefficient (Wildman–Crippen LogP) is 4.15. The Balaban J connectivity index is 2.21. The van der Waals surface area contributed by atoms with Gasteiger partial charge in [-0.25, -0.2) is 4.39 Å². The number of Topliss-reactive ketones (excluding diaryl/α,β-unsaturated/α-hetero) is 1. The molecule has 0 fully saturated rings. The highest BCUT2D eigenvalue weighted by Crippen LogP contribution is 2.27. The number of nitrogens with two attached hydrogens (primary N) is 1. The number of hydrogen-bond donors (Lipinski definition) is 1. The minimum absolute atomic E-state index is 0.0330. The lowest BCUT2D eigenvalue weighted by Gasteiger charge is -2.24. The first-order chi connectivity index (χ1) is 9.80. The van der Waals surface area contributed by atoms with Crippen molar-refractivity contribution in [3.05, 3.63) is 64.4 Å². The number of anilines is 1. The van der Waals surface area contributed by atoms with E-state index in [2.05, 4.69) is 0 Å². The van der Waals surface area contributed by atoms with Crippen LogP contribution in [0.1, 0.15) is 25.0 Å². The number of hydrogen-bond acceptors (Lipinski definition) is 2. The van der Waals surface area contributed by atoms with E-state index in [0.29, 0.717) is 11.3 Å². The molecule has 2 aromatic rings. The van der Waals surface area contributed by atoms with Gasteiger partial charge in [0, 0.05) is 17.5 Å². The second kappa shape index (κ2) is 5.86. The van der Waals surface area contributed by atoms with Crippen molar-refractivity contribution in [1.29, 1.82) is 0 Å². The second-order valence-electron chi connectivity index (χ2n) is 5.60. The standard InChI is InChI=1S/C17H17ClFNO/c1-17(2,12-4-6-13(20)7-5-12)16(21)10-11-3-8-15(19)14(18)9-11/h3-9H,10,20H2,1-2H3. The fraction of sp³-hybridized carbons (Fsp3) is 0.235. The van der Waals surface area contributed by atoms with Crippen LogP contribution >= 0.6 is 11.6 Å². The lowest BCUT2D eigenvalue weighted by molar-refractivity contribution is -0.122. The summed E-state index contributed by atoms with van der Waals surface area (Å²) >= 11 is 5.75. The molecule has 110 valence electrons. The summed E-state index contributed by atoms with van der Waals surface area (Å²) in [5, 5.41) is 0.0330. The van der Waals surface area contributed by atoms with E-state index >= 15 is 0 Å². The van der Waals surface area contributed by atoms with Crippen molar-refractivity contribution in [2.75, 3.05) is 5.73 Å². The van der Waals surface area contributed by atoms with Crippen LogP contribution in [-0.2, 0) is 16.6 Å². The third kappa shape index (κ3) is 3.42. The van der Waals surface area contributed by atoms with Gasteiger partial charge in [-0.15, -0.1) is 0 Å². The van der Waals surface area contributed by atoms with E-state index in [1.54, 1.807) is 18.2 Å². The van der Waals surface area contributed by atoms with Crippen LogP contribution in [0.2, 0.25) is 5.02 Å². The van der Waals surface area contributed by atoms with Gasteiger partial charge in [0.2, 0.25) is 0 Å². The Morgan fingerprint density at radius 1 is 1.19 bits per heavy atom. The van der Waals surface area contributed by atoms with Crippen LogP contribution in [0, 0.1) is 5.82 Å². The van der Waals surface area contributed by atoms with Crippen molar-refractivity contribution in [3.8, 4) is 0 Å². The van der Waals surface area contributed by atoms with E-state index in [4.69, 9.17) is 17.3 Å². The molecule has 0 unspecified atom stereocenters. The fourth-order valence-corrected chi connectivity index (χ4v) is 2.32. The number of ketones is 1. The Hall–Kier alpha value is -1.87. The molecule has 4 heteroatoms. The van der Waals surface area contributed by atoms with Crippen LogP contribution in [0.25, 0.3) is 0 Å². The quantitative estimate of drug-likeness (QED) is 0.862. The molecule has 0 bridgehead atoms. The molecule has 0 aliphatic rings. The summed E-state index contributed by atoms with van der Waals surface area (Å²) in [6, 6.07) is 11.6. The van der Waals surface area contributed by atoms with E-state index in [9.17, 15) is 9.18 Å². The summed E-state index contributed by atoms with van der Waals surface area (Å²) in [5.74, 6) is -0.444. The molecule has 2 aromatic carbocycles. The monoisotopic (exact) mass is 305 g/mol. The van der Waals surface area contributed by atoms with Crippen molar-refractivity contribution in [2.45, 2.75) is 25.7 Å². The van der Waals surface area contributed by atoms with E-state index in [-0.39, 0.29) is 17.2 Å². The topological polar surface area (TPSA) is 43.1 Å². The van der Waals surface area contributed by atoms with Gasteiger partial charge in [-0.1, -0.05) is 29.8 Å². The van der Waals surface area contributed by atoms with E-state index in [0.717, 1.165) is 5.56 Å². The van der Waals surface area contributed by atoms with Gasteiger partial charge in [-0.05, 0) is 49.2 Å². The zero-order valence-electron chi connectivity index (χ0n) is 12.0. The summed E-state index contributed by atoms with van der Waals surface area (Å²) in [5.41, 5.74) is 7.28. The maximum absolute atomic E-state index is 13.1. The molecule has 2 nitrogen and oxygen atoms in total. The zero-order chi connectivity index (χ0) is 15.6. The van der Waals surface area contributed by atoms with Crippen molar-refractivity contribution >= 4 is 23.1 Å². The number of carbonyl (C=O) groups is 1. The maximum atomic E-state index is 13.1. The van der Waals surface area contributed by atoms with E-state index < -0.39 is 11.2 Å². The average Bonchev–Trinajstić information content (AvgIpc) is 2.43. The molecule has 2 N–H and O–H groups in total. The Kier molecular flexibility index (Phi) is 4.33. The smallest absolute Gasteiger partial charge is 0.147 e. The molecule has 21 heavy (non-hydrogen) atoms. The molecule has 0 aliphatic carbocycles. The zero-order valence-corrected chi connectivity index (χ0v) is 12.7. The number of rotatable bonds is 4. The number of carbonyl (C=O) groups excluding carboxylic acids is 1. The third-order valence-electron chi connectivity index (χ3n) is 3.68. The fourth-order valence-electron chi connectivity index (χ4n) is 2.12. The van der Waals surface area contributed by atoms with Gasteiger partial charge in [0.1, 0.15) is 11.6 Å². The number of halogens is 2. The van der Waals surface area contributed by atoms with Gasteiger partial charge in [0.25, 0.3) is 0 Å². The van der Waals surface area contributed by atoms with Crippen LogP contribution in [0.15, 0.2) is 42.5 Å². The summed E-state index contributed by atoms with van der Waals surface area (Å²) in [6.07, 6.45) is 0.206. The SMILES string of the molecule is CC(C)(C(=O)Cc1ccc(F)c(Cl)c1)c1ccc(N)cc1. The second-order valence-corrected chi connectivity index (χ2v) is 6.00. The minimum Gasteiger partial charge on any atom is -0.399 e. The first-order valence-corrected chi connectivity index (χ1v) is 7.02. The first-order valence-electron chi connectivity index (χ1n) is 6.64. The van der Waals surface area contributed by atoms with Crippen LogP contribution in [0.3, 0.4) is 0 Å². The molecule has 2 rings (SSSR count). The van der Waals surface area contributed by atoms with Crippen LogP contribution in [-0.4, -0.2) is 5.78 Å². The van der Waals surface area contributed by atoms with Crippen molar-refractivity contribution in [1.82, 2.24) is 0 Å².